The van der Waals surface area contributed by atoms with E-state index >= 15 is 0 Å². The van der Waals surface area contributed by atoms with E-state index < -0.39 is 35.7 Å². The van der Waals surface area contributed by atoms with Gasteiger partial charge in [0.05, 0.1) is 5.92 Å². The SMILES string of the molecule is NC(CCSCCC(c1ccc(-c2cc(F)cc(F)c2)cc1)C(F)(F)F)C(=O)O. The van der Waals surface area contributed by atoms with E-state index in [1.54, 1.807) is 0 Å². The van der Waals surface area contributed by atoms with Gasteiger partial charge in [-0.1, -0.05) is 24.3 Å². The number of halogens is 5. The number of thioether (sulfide) groups is 1. The van der Waals surface area contributed by atoms with Gasteiger partial charge in [-0.2, -0.15) is 24.9 Å². The Kier molecular flexibility index (Phi) is 8.04. The maximum absolute atomic E-state index is 13.5. The van der Waals surface area contributed by atoms with Crippen LogP contribution in [0, 0.1) is 11.6 Å². The summed E-state index contributed by atoms with van der Waals surface area (Å²) in [7, 11) is 0. The highest BCUT2D eigenvalue weighted by molar-refractivity contribution is 7.99. The van der Waals surface area contributed by atoms with Crippen LogP contribution in [-0.2, 0) is 4.79 Å². The smallest absolute Gasteiger partial charge is 0.395 e. The molecular weight excluding hydrogens is 413 g/mol. The second-order valence-electron chi connectivity index (χ2n) is 6.51. The normalized spacial score (nSPS) is 13.9. The zero-order chi connectivity index (χ0) is 21.6. The number of carbonyl (C=O) groups is 1. The number of carboxylic acids is 1. The molecule has 0 aliphatic rings. The van der Waals surface area contributed by atoms with E-state index in [1.807, 2.05) is 0 Å². The van der Waals surface area contributed by atoms with E-state index in [2.05, 4.69) is 0 Å². The molecule has 2 aromatic rings. The first-order valence-electron chi connectivity index (χ1n) is 8.77. The Morgan fingerprint density at radius 3 is 2.03 bits per heavy atom. The topological polar surface area (TPSA) is 63.3 Å². The first kappa shape index (κ1) is 23.2. The van der Waals surface area contributed by atoms with Gasteiger partial charge in [-0.25, -0.2) is 8.78 Å². The predicted molar refractivity (Wildman–Crippen MR) is 103 cm³/mol. The third-order valence-corrected chi connectivity index (χ3v) is 5.39. The molecule has 2 unspecified atom stereocenters. The van der Waals surface area contributed by atoms with Crippen molar-refractivity contribution in [2.24, 2.45) is 5.73 Å². The Bertz CT molecular complexity index is 806. The summed E-state index contributed by atoms with van der Waals surface area (Å²) in [5.74, 6) is -3.83. The van der Waals surface area contributed by atoms with Gasteiger partial charge in [0, 0.05) is 6.07 Å². The Hall–Kier alpha value is -2.13. The third-order valence-electron chi connectivity index (χ3n) is 4.35. The van der Waals surface area contributed by atoms with Gasteiger partial charge in [-0.15, -0.1) is 0 Å². The Labute approximate surface area is 169 Å². The number of carboxylic acid groups (broad SMARTS) is 1. The van der Waals surface area contributed by atoms with Crippen LogP contribution < -0.4 is 5.73 Å². The molecule has 3 nitrogen and oxygen atoms in total. The van der Waals surface area contributed by atoms with E-state index in [-0.39, 0.29) is 29.7 Å². The molecule has 0 fully saturated rings. The summed E-state index contributed by atoms with van der Waals surface area (Å²) in [6, 6.07) is 7.33. The molecule has 2 atom stereocenters. The fourth-order valence-electron chi connectivity index (χ4n) is 2.78. The van der Waals surface area contributed by atoms with E-state index in [0.717, 1.165) is 18.2 Å². The molecule has 0 saturated heterocycles. The molecule has 0 radical (unpaired) electrons. The number of alkyl halides is 3. The minimum absolute atomic E-state index is 0.0564. The zero-order valence-electron chi connectivity index (χ0n) is 15.3. The van der Waals surface area contributed by atoms with E-state index in [9.17, 15) is 26.7 Å². The lowest BCUT2D eigenvalue weighted by molar-refractivity contribution is -0.150. The minimum atomic E-state index is -4.45. The van der Waals surface area contributed by atoms with Gasteiger partial charge in [0.25, 0.3) is 0 Å². The molecule has 0 aromatic heterocycles. The van der Waals surface area contributed by atoms with Gasteiger partial charge < -0.3 is 10.8 Å². The van der Waals surface area contributed by atoms with E-state index in [4.69, 9.17) is 10.8 Å². The maximum Gasteiger partial charge on any atom is 0.395 e. The number of aliphatic carboxylic acids is 1. The summed E-state index contributed by atoms with van der Waals surface area (Å²) in [4.78, 5) is 10.6. The highest BCUT2D eigenvalue weighted by atomic mass is 32.2. The number of nitrogens with two attached hydrogens (primary N) is 1. The summed E-state index contributed by atoms with van der Waals surface area (Å²) < 4.78 is 67.1. The fraction of sp³-hybridized carbons (Fsp3) is 0.350. The zero-order valence-corrected chi connectivity index (χ0v) is 16.1. The number of rotatable bonds is 9. The highest BCUT2D eigenvalue weighted by Gasteiger charge is 2.40. The maximum atomic E-state index is 13.5. The van der Waals surface area contributed by atoms with Crippen molar-refractivity contribution < 1.29 is 31.9 Å². The third kappa shape index (κ3) is 7.01. The highest BCUT2D eigenvalue weighted by Crippen LogP contribution is 2.39. The summed E-state index contributed by atoms with van der Waals surface area (Å²) in [6.45, 7) is 0. The first-order valence-corrected chi connectivity index (χ1v) is 9.92. The predicted octanol–water partition coefficient (Wildman–Crippen LogP) is 5.20. The second kappa shape index (κ2) is 10.1. The monoisotopic (exact) mass is 433 g/mol. The Balaban J connectivity index is 2.04. The summed E-state index contributed by atoms with van der Waals surface area (Å²) in [5, 5.41) is 8.69. The van der Waals surface area contributed by atoms with Crippen LogP contribution >= 0.6 is 11.8 Å². The molecule has 2 rings (SSSR count). The van der Waals surface area contributed by atoms with Crippen LogP contribution in [0.5, 0.6) is 0 Å². The molecule has 0 heterocycles. The van der Waals surface area contributed by atoms with Crippen molar-refractivity contribution in [2.45, 2.75) is 31.0 Å². The van der Waals surface area contributed by atoms with Crippen molar-refractivity contribution in [1.29, 1.82) is 0 Å². The van der Waals surface area contributed by atoms with E-state index in [1.165, 1.54) is 36.0 Å². The second-order valence-corrected chi connectivity index (χ2v) is 7.73. The average Bonchev–Trinajstić information content (AvgIpc) is 2.62. The van der Waals surface area contributed by atoms with Crippen LogP contribution in [0.3, 0.4) is 0 Å². The molecule has 0 bridgehead atoms. The quantitative estimate of drug-likeness (QED) is 0.421. The van der Waals surface area contributed by atoms with Crippen molar-refractivity contribution in [3.63, 3.8) is 0 Å². The standard InChI is InChI=1S/C20H20F5NO2S/c21-15-9-14(10-16(22)11-15)12-1-3-13(4-2-12)17(20(23,24)25)5-7-29-8-6-18(26)19(27)28/h1-4,9-11,17-18H,5-8,26H2,(H,27,28). The fourth-order valence-corrected chi connectivity index (χ4v) is 3.81. The number of benzene rings is 2. The van der Waals surface area contributed by atoms with Crippen molar-refractivity contribution in [3.05, 3.63) is 59.7 Å². The van der Waals surface area contributed by atoms with Gasteiger partial charge in [-0.05, 0) is 53.2 Å². The lowest BCUT2D eigenvalue weighted by Gasteiger charge is -2.21. The molecule has 9 heteroatoms. The minimum Gasteiger partial charge on any atom is -0.480 e. The summed E-state index contributed by atoms with van der Waals surface area (Å²) >= 11 is 1.21. The van der Waals surface area contributed by atoms with Crippen LogP contribution in [-0.4, -0.2) is 34.8 Å². The molecule has 0 saturated carbocycles. The molecular formula is C20H20F5NO2S. The molecule has 2 aromatic carbocycles. The van der Waals surface area contributed by atoms with Crippen molar-refractivity contribution >= 4 is 17.7 Å². The molecule has 3 N–H and O–H groups in total. The van der Waals surface area contributed by atoms with Crippen LogP contribution in [0.2, 0.25) is 0 Å². The summed E-state index contributed by atoms with van der Waals surface area (Å²) in [5.41, 5.74) is 6.06. The van der Waals surface area contributed by atoms with Gasteiger partial charge >= 0.3 is 12.1 Å². The molecule has 0 aliphatic heterocycles. The molecule has 158 valence electrons. The van der Waals surface area contributed by atoms with Gasteiger partial charge in [0.1, 0.15) is 17.7 Å². The lowest BCUT2D eigenvalue weighted by Crippen LogP contribution is -2.30. The van der Waals surface area contributed by atoms with Crippen LogP contribution in [0.25, 0.3) is 11.1 Å². The van der Waals surface area contributed by atoms with Gasteiger partial charge in [0.15, 0.2) is 0 Å². The van der Waals surface area contributed by atoms with Crippen molar-refractivity contribution in [3.8, 4) is 11.1 Å². The number of hydrogen-bond acceptors (Lipinski definition) is 3. The van der Waals surface area contributed by atoms with Crippen LogP contribution in [0.1, 0.15) is 24.3 Å². The molecule has 0 amide bonds. The molecule has 0 aliphatic carbocycles. The van der Waals surface area contributed by atoms with Crippen LogP contribution in [0.4, 0.5) is 22.0 Å². The van der Waals surface area contributed by atoms with Gasteiger partial charge in [-0.3, -0.25) is 4.79 Å². The average molecular weight is 433 g/mol. The van der Waals surface area contributed by atoms with Gasteiger partial charge in [0.2, 0.25) is 0 Å². The Morgan fingerprint density at radius 1 is 0.966 bits per heavy atom. The first-order chi connectivity index (χ1) is 13.6. The summed E-state index contributed by atoms with van der Waals surface area (Å²) in [6.07, 6.45) is -4.45. The lowest BCUT2D eigenvalue weighted by atomic mass is 9.93. The molecule has 29 heavy (non-hydrogen) atoms. The number of hydrogen-bond donors (Lipinski definition) is 2. The van der Waals surface area contributed by atoms with E-state index in [0.29, 0.717) is 11.3 Å². The van der Waals surface area contributed by atoms with Crippen molar-refractivity contribution in [2.75, 3.05) is 11.5 Å². The largest absolute Gasteiger partial charge is 0.480 e. The Morgan fingerprint density at radius 2 is 1.52 bits per heavy atom. The molecule has 0 spiro atoms. The van der Waals surface area contributed by atoms with Crippen LogP contribution in [0.15, 0.2) is 42.5 Å². The van der Waals surface area contributed by atoms with Crippen molar-refractivity contribution in [1.82, 2.24) is 0 Å².